The van der Waals surface area contributed by atoms with Crippen molar-refractivity contribution in [3.63, 3.8) is 0 Å². The van der Waals surface area contributed by atoms with Gasteiger partial charge in [-0.25, -0.2) is 12.8 Å². The molecular weight excluding hydrogens is 391 g/mol. The number of anilines is 1. The molecule has 0 saturated carbocycles. The van der Waals surface area contributed by atoms with E-state index < -0.39 is 27.8 Å². The molecule has 0 aromatic heterocycles. The van der Waals surface area contributed by atoms with Gasteiger partial charge in [-0.3, -0.25) is 9.10 Å². The molecule has 0 saturated heterocycles. The fraction of sp³-hybridized carbons (Fsp3) is 0.409. The number of hydrogen-bond donors (Lipinski definition) is 1. The van der Waals surface area contributed by atoms with Crippen molar-refractivity contribution in [1.82, 2.24) is 5.32 Å². The van der Waals surface area contributed by atoms with Crippen LogP contribution in [0.5, 0.6) is 0 Å². The van der Waals surface area contributed by atoms with Crippen LogP contribution in [-0.2, 0) is 21.2 Å². The molecule has 2 aromatic rings. The maximum atomic E-state index is 14.1. The summed E-state index contributed by atoms with van der Waals surface area (Å²) < 4.78 is 39.3. The quantitative estimate of drug-likeness (QED) is 0.627. The Morgan fingerprint density at radius 1 is 1.07 bits per heavy atom. The number of rotatable bonds is 9. The van der Waals surface area contributed by atoms with Gasteiger partial charge in [-0.1, -0.05) is 50.2 Å². The average molecular weight is 421 g/mol. The molecular formula is C22H29FN2O3S. The van der Waals surface area contributed by atoms with Crippen LogP contribution in [0.2, 0.25) is 0 Å². The molecule has 1 N–H and O–H groups in total. The smallest absolute Gasteiger partial charge is 0.243 e. The Kier molecular flexibility index (Phi) is 7.79. The second-order valence-corrected chi connectivity index (χ2v) is 9.34. The molecule has 0 radical (unpaired) electrons. The first-order valence-electron chi connectivity index (χ1n) is 9.71. The molecule has 2 aromatic carbocycles. The predicted molar refractivity (Wildman–Crippen MR) is 115 cm³/mol. The van der Waals surface area contributed by atoms with Gasteiger partial charge < -0.3 is 5.32 Å². The van der Waals surface area contributed by atoms with Crippen LogP contribution in [0.15, 0.2) is 48.5 Å². The van der Waals surface area contributed by atoms with Crippen LogP contribution >= 0.6 is 0 Å². The maximum Gasteiger partial charge on any atom is 0.243 e. The van der Waals surface area contributed by atoms with Crippen molar-refractivity contribution in [3.8, 4) is 0 Å². The van der Waals surface area contributed by atoms with Gasteiger partial charge in [-0.15, -0.1) is 0 Å². The molecule has 0 heterocycles. The number of aryl methyl sites for hydroxylation is 1. The summed E-state index contributed by atoms with van der Waals surface area (Å²) in [5, 5.41) is 2.76. The Labute approximate surface area is 173 Å². The zero-order valence-corrected chi connectivity index (χ0v) is 18.2. The number of para-hydroxylation sites is 1. The van der Waals surface area contributed by atoms with Gasteiger partial charge in [0.1, 0.15) is 11.9 Å². The van der Waals surface area contributed by atoms with Gasteiger partial charge in [0.05, 0.1) is 11.9 Å². The van der Waals surface area contributed by atoms with E-state index in [-0.39, 0.29) is 5.69 Å². The lowest BCUT2D eigenvalue weighted by Gasteiger charge is -2.28. The van der Waals surface area contributed by atoms with Gasteiger partial charge in [-0.05, 0) is 48.9 Å². The van der Waals surface area contributed by atoms with Crippen LogP contribution in [0, 0.1) is 5.82 Å². The highest BCUT2D eigenvalue weighted by molar-refractivity contribution is 7.92. The molecule has 0 aliphatic rings. The molecule has 1 amide bonds. The molecule has 29 heavy (non-hydrogen) atoms. The minimum absolute atomic E-state index is 0.136. The standard InChI is InChI=1S/C22H29FN2O3S/c1-16(2)19-13-11-18(12-14-19)8-7-15-24-22(26)17(3)25(29(4,27)28)21-10-6-5-9-20(21)23/h5-6,9-14,16-17H,7-8,15H2,1-4H3,(H,24,26). The van der Waals surface area contributed by atoms with Crippen LogP contribution in [-0.4, -0.2) is 33.2 Å². The number of benzene rings is 2. The fourth-order valence-corrected chi connectivity index (χ4v) is 4.31. The summed E-state index contributed by atoms with van der Waals surface area (Å²) >= 11 is 0. The zero-order chi connectivity index (χ0) is 21.6. The third-order valence-electron chi connectivity index (χ3n) is 4.77. The largest absolute Gasteiger partial charge is 0.354 e. The first-order chi connectivity index (χ1) is 13.6. The predicted octanol–water partition coefficient (Wildman–Crippen LogP) is 3.85. The van der Waals surface area contributed by atoms with E-state index in [2.05, 4.69) is 43.4 Å². The Hall–Kier alpha value is -2.41. The Bertz CT molecular complexity index is 927. The van der Waals surface area contributed by atoms with E-state index in [0.29, 0.717) is 12.5 Å². The number of carbonyl (C=O) groups is 1. The molecule has 0 aliphatic carbocycles. The molecule has 2 rings (SSSR count). The first kappa shape index (κ1) is 22.9. The maximum absolute atomic E-state index is 14.1. The van der Waals surface area contributed by atoms with Crippen LogP contribution in [0.4, 0.5) is 10.1 Å². The van der Waals surface area contributed by atoms with Gasteiger partial charge in [0.25, 0.3) is 0 Å². The number of halogens is 1. The van der Waals surface area contributed by atoms with Crippen molar-refractivity contribution >= 4 is 21.6 Å². The third kappa shape index (κ3) is 6.29. The van der Waals surface area contributed by atoms with Crippen LogP contribution in [0.25, 0.3) is 0 Å². The summed E-state index contributed by atoms with van der Waals surface area (Å²) in [6.07, 6.45) is 2.48. The minimum atomic E-state index is -3.84. The summed E-state index contributed by atoms with van der Waals surface area (Å²) in [6.45, 7) is 6.15. The normalized spacial score (nSPS) is 12.6. The van der Waals surface area contributed by atoms with Crippen molar-refractivity contribution in [3.05, 3.63) is 65.5 Å². The Morgan fingerprint density at radius 2 is 1.69 bits per heavy atom. The molecule has 1 atom stereocenters. The number of amides is 1. The Balaban J connectivity index is 1.95. The van der Waals surface area contributed by atoms with Crippen molar-refractivity contribution in [2.24, 2.45) is 0 Å². The van der Waals surface area contributed by atoms with E-state index in [4.69, 9.17) is 0 Å². The molecule has 0 aliphatic heterocycles. The minimum Gasteiger partial charge on any atom is -0.354 e. The van der Waals surface area contributed by atoms with Crippen LogP contribution in [0.3, 0.4) is 0 Å². The summed E-state index contributed by atoms with van der Waals surface area (Å²) in [6, 6.07) is 12.9. The highest BCUT2D eigenvalue weighted by atomic mass is 32.2. The monoisotopic (exact) mass is 420 g/mol. The van der Waals surface area contributed by atoms with Gasteiger partial charge in [0, 0.05) is 6.54 Å². The van der Waals surface area contributed by atoms with Crippen molar-refractivity contribution < 1.29 is 17.6 Å². The van der Waals surface area contributed by atoms with E-state index in [1.807, 2.05) is 0 Å². The number of carbonyl (C=O) groups excluding carboxylic acids is 1. The number of hydrogen-bond acceptors (Lipinski definition) is 3. The lowest BCUT2D eigenvalue weighted by Crippen LogP contribution is -2.48. The van der Waals surface area contributed by atoms with Crippen molar-refractivity contribution in [2.75, 3.05) is 17.1 Å². The summed E-state index contributed by atoms with van der Waals surface area (Å²) in [7, 11) is -3.84. The lowest BCUT2D eigenvalue weighted by atomic mass is 10.0. The fourth-order valence-electron chi connectivity index (χ4n) is 3.13. The molecule has 1 unspecified atom stereocenters. The highest BCUT2D eigenvalue weighted by Crippen LogP contribution is 2.24. The van der Waals surface area contributed by atoms with Crippen LogP contribution < -0.4 is 9.62 Å². The van der Waals surface area contributed by atoms with E-state index in [0.717, 1.165) is 23.4 Å². The van der Waals surface area contributed by atoms with Crippen LogP contribution in [0.1, 0.15) is 44.2 Å². The van der Waals surface area contributed by atoms with E-state index in [1.54, 1.807) is 0 Å². The van der Waals surface area contributed by atoms with E-state index >= 15 is 0 Å². The summed E-state index contributed by atoms with van der Waals surface area (Å²) in [5.41, 5.74) is 2.33. The molecule has 0 spiro atoms. The van der Waals surface area contributed by atoms with E-state index in [1.165, 1.54) is 42.3 Å². The van der Waals surface area contributed by atoms with Gasteiger partial charge in [0.15, 0.2) is 0 Å². The number of nitrogens with one attached hydrogen (secondary N) is 1. The lowest BCUT2D eigenvalue weighted by molar-refractivity contribution is -0.121. The molecule has 0 bridgehead atoms. The zero-order valence-electron chi connectivity index (χ0n) is 17.4. The molecule has 7 heteroatoms. The summed E-state index contributed by atoms with van der Waals surface area (Å²) in [4.78, 5) is 12.5. The topological polar surface area (TPSA) is 66.5 Å². The first-order valence-corrected chi connectivity index (χ1v) is 11.6. The van der Waals surface area contributed by atoms with E-state index in [9.17, 15) is 17.6 Å². The van der Waals surface area contributed by atoms with Gasteiger partial charge in [0.2, 0.25) is 15.9 Å². The SMILES string of the molecule is CC(C)c1ccc(CCCNC(=O)C(C)N(c2ccccc2F)S(C)(=O)=O)cc1. The molecule has 5 nitrogen and oxygen atoms in total. The third-order valence-corrected chi connectivity index (χ3v) is 5.99. The Morgan fingerprint density at radius 3 is 2.24 bits per heavy atom. The van der Waals surface area contributed by atoms with Crippen molar-refractivity contribution in [1.29, 1.82) is 0 Å². The average Bonchev–Trinajstić information content (AvgIpc) is 2.66. The molecule has 158 valence electrons. The highest BCUT2D eigenvalue weighted by Gasteiger charge is 2.30. The second-order valence-electron chi connectivity index (χ2n) is 7.48. The number of nitrogens with zero attached hydrogens (tertiary/aromatic N) is 1. The van der Waals surface area contributed by atoms with Crippen molar-refractivity contribution in [2.45, 2.75) is 45.6 Å². The number of sulfonamides is 1. The van der Waals surface area contributed by atoms with Gasteiger partial charge in [-0.2, -0.15) is 0 Å². The molecule has 0 fully saturated rings. The van der Waals surface area contributed by atoms with Gasteiger partial charge >= 0.3 is 0 Å². The summed E-state index contributed by atoms with van der Waals surface area (Å²) in [5.74, 6) is -0.673. The second kappa shape index (κ2) is 9.87.